The number of carbonyl (C=O) groups excluding carboxylic acids is 1. The van der Waals surface area contributed by atoms with Crippen molar-refractivity contribution < 1.29 is 14.7 Å². The van der Waals surface area contributed by atoms with Gasteiger partial charge in [0, 0.05) is 18.8 Å². The Bertz CT molecular complexity index is 499. The molecule has 1 heterocycles. The zero-order valence-corrected chi connectivity index (χ0v) is 10.2. The van der Waals surface area contributed by atoms with Gasteiger partial charge in [-0.2, -0.15) is 0 Å². The second-order valence-electron chi connectivity index (χ2n) is 4.59. The molecule has 0 aliphatic carbocycles. The molecule has 18 heavy (non-hydrogen) atoms. The van der Waals surface area contributed by atoms with E-state index in [9.17, 15) is 9.59 Å². The minimum Gasteiger partial charge on any atom is -0.481 e. The molecular weight excluding hydrogens is 232 g/mol. The molecule has 0 aromatic heterocycles. The molecule has 1 unspecified atom stereocenters. The van der Waals surface area contributed by atoms with Gasteiger partial charge in [-0.25, -0.2) is 0 Å². The highest BCUT2D eigenvalue weighted by Gasteiger charge is 2.29. The monoisotopic (exact) mass is 248 g/mol. The lowest BCUT2D eigenvalue weighted by atomic mass is 10.1. The lowest BCUT2D eigenvalue weighted by Gasteiger charge is -2.19. The van der Waals surface area contributed by atoms with Crippen molar-refractivity contribution in [1.29, 1.82) is 0 Å². The molecule has 0 fully saturated rings. The van der Waals surface area contributed by atoms with Crippen molar-refractivity contribution in [3.63, 3.8) is 0 Å². The van der Waals surface area contributed by atoms with Crippen molar-refractivity contribution in [2.75, 3.05) is 11.4 Å². The summed E-state index contributed by atoms with van der Waals surface area (Å²) in [5, 5.41) is 8.90. The Kier molecular flexibility index (Phi) is 3.34. The van der Waals surface area contributed by atoms with Crippen molar-refractivity contribution in [1.82, 2.24) is 0 Å². The summed E-state index contributed by atoms with van der Waals surface area (Å²) in [6, 6.07) is 5.63. The van der Waals surface area contributed by atoms with Crippen LogP contribution in [0.5, 0.6) is 0 Å². The van der Waals surface area contributed by atoms with Crippen LogP contribution in [-0.4, -0.2) is 23.5 Å². The number of nitrogens with two attached hydrogens (primary N) is 1. The average Bonchev–Trinajstić information content (AvgIpc) is 2.64. The fourth-order valence-corrected chi connectivity index (χ4v) is 2.12. The third-order valence-electron chi connectivity index (χ3n) is 3.19. The second kappa shape index (κ2) is 4.78. The van der Waals surface area contributed by atoms with Crippen LogP contribution in [0.4, 0.5) is 5.69 Å². The van der Waals surface area contributed by atoms with Gasteiger partial charge in [0.2, 0.25) is 5.91 Å². The Morgan fingerprint density at radius 3 is 2.89 bits per heavy atom. The first-order valence-corrected chi connectivity index (χ1v) is 5.88. The number of amides is 1. The van der Waals surface area contributed by atoms with Crippen molar-refractivity contribution in [3.8, 4) is 0 Å². The summed E-state index contributed by atoms with van der Waals surface area (Å²) in [5.41, 5.74) is 8.28. The number of carboxylic acids is 1. The van der Waals surface area contributed by atoms with E-state index >= 15 is 0 Å². The van der Waals surface area contributed by atoms with E-state index in [0.29, 0.717) is 13.0 Å². The first-order chi connectivity index (χ1) is 8.52. The number of carbonyl (C=O) groups is 2. The number of carboxylic acid groups (broad SMARTS) is 1. The predicted octanol–water partition coefficient (Wildman–Crippen LogP) is 0.755. The fraction of sp³-hybridized carbons (Fsp3) is 0.385. The summed E-state index contributed by atoms with van der Waals surface area (Å²) in [6.45, 7) is 2.25. The van der Waals surface area contributed by atoms with Crippen LogP contribution in [0.2, 0.25) is 0 Å². The van der Waals surface area contributed by atoms with Crippen LogP contribution in [0.3, 0.4) is 0 Å². The van der Waals surface area contributed by atoms with Crippen molar-refractivity contribution in [2.45, 2.75) is 19.9 Å². The molecule has 0 saturated heterocycles. The maximum absolute atomic E-state index is 11.9. The van der Waals surface area contributed by atoms with Crippen LogP contribution in [0.1, 0.15) is 18.1 Å². The van der Waals surface area contributed by atoms with Gasteiger partial charge in [0.05, 0.1) is 12.3 Å². The Labute approximate surface area is 105 Å². The van der Waals surface area contributed by atoms with Crippen LogP contribution in [-0.2, 0) is 22.6 Å². The maximum Gasteiger partial charge on any atom is 0.308 e. The number of nitrogens with zero attached hydrogens (tertiary/aromatic N) is 1. The molecule has 0 saturated carbocycles. The number of aliphatic carboxylic acids is 1. The van der Waals surface area contributed by atoms with E-state index in [1.807, 2.05) is 18.2 Å². The SMILES string of the molecule is CC(CN1C(=O)Cc2cc(CN)ccc21)C(=O)O. The molecule has 5 heteroatoms. The highest BCUT2D eigenvalue weighted by molar-refractivity contribution is 6.01. The zero-order valence-electron chi connectivity index (χ0n) is 10.2. The molecule has 1 aliphatic heterocycles. The molecule has 0 radical (unpaired) electrons. The van der Waals surface area contributed by atoms with Gasteiger partial charge in [-0.3, -0.25) is 9.59 Å². The van der Waals surface area contributed by atoms with Crippen molar-refractivity contribution in [2.24, 2.45) is 11.7 Å². The van der Waals surface area contributed by atoms with E-state index in [1.54, 1.807) is 11.8 Å². The van der Waals surface area contributed by atoms with E-state index < -0.39 is 11.9 Å². The van der Waals surface area contributed by atoms with Gasteiger partial charge in [0.1, 0.15) is 0 Å². The molecule has 0 bridgehead atoms. The van der Waals surface area contributed by atoms with E-state index in [1.165, 1.54) is 0 Å². The third-order valence-corrected chi connectivity index (χ3v) is 3.19. The fourth-order valence-electron chi connectivity index (χ4n) is 2.12. The quantitative estimate of drug-likeness (QED) is 0.823. The summed E-state index contributed by atoms with van der Waals surface area (Å²) in [7, 11) is 0. The summed E-state index contributed by atoms with van der Waals surface area (Å²) >= 11 is 0. The predicted molar refractivity (Wildman–Crippen MR) is 67.2 cm³/mol. The van der Waals surface area contributed by atoms with Gasteiger partial charge >= 0.3 is 5.97 Å². The largest absolute Gasteiger partial charge is 0.481 e. The minimum atomic E-state index is -0.894. The van der Waals surface area contributed by atoms with Crippen molar-refractivity contribution in [3.05, 3.63) is 29.3 Å². The van der Waals surface area contributed by atoms with Crippen LogP contribution < -0.4 is 10.6 Å². The van der Waals surface area contributed by atoms with Crippen molar-refractivity contribution >= 4 is 17.6 Å². The van der Waals surface area contributed by atoms with E-state index in [-0.39, 0.29) is 12.5 Å². The summed E-state index contributed by atoms with van der Waals surface area (Å²) < 4.78 is 0. The number of rotatable bonds is 4. The second-order valence-corrected chi connectivity index (χ2v) is 4.59. The van der Waals surface area contributed by atoms with Gasteiger partial charge < -0.3 is 15.7 Å². The molecular formula is C13H16N2O3. The standard InChI is InChI=1S/C13H16N2O3/c1-8(13(17)18)7-15-11-3-2-9(6-14)4-10(11)5-12(15)16/h2-4,8H,5-7,14H2,1H3,(H,17,18). The van der Waals surface area contributed by atoms with Gasteiger partial charge in [-0.15, -0.1) is 0 Å². The lowest BCUT2D eigenvalue weighted by Crippen LogP contribution is -2.34. The number of benzene rings is 1. The molecule has 96 valence electrons. The molecule has 1 aromatic rings. The Balaban J connectivity index is 2.25. The van der Waals surface area contributed by atoms with Gasteiger partial charge in [-0.1, -0.05) is 19.1 Å². The molecule has 3 N–H and O–H groups in total. The minimum absolute atomic E-state index is 0.0488. The first kappa shape index (κ1) is 12.6. The maximum atomic E-state index is 11.9. The number of fused-ring (bicyclic) bond motifs is 1. The van der Waals surface area contributed by atoms with E-state index in [0.717, 1.165) is 16.8 Å². The molecule has 5 nitrogen and oxygen atoms in total. The highest BCUT2D eigenvalue weighted by Crippen LogP contribution is 2.30. The Hall–Kier alpha value is -1.88. The number of hydrogen-bond donors (Lipinski definition) is 2. The Morgan fingerprint density at radius 2 is 2.28 bits per heavy atom. The number of hydrogen-bond acceptors (Lipinski definition) is 3. The smallest absolute Gasteiger partial charge is 0.308 e. The molecule has 1 aromatic carbocycles. The van der Waals surface area contributed by atoms with Crippen LogP contribution in [0, 0.1) is 5.92 Å². The lowest BCUT2D eigenvalue weighted by molar-refractivity contribution is -0.140. The zero-order chi connectivity index (χ0) is 13.3. The highest BCUT2D eigenvalue weighted by atomic mass is 16.4. The normalized spacial score (nSPS) is 15.7. The number of anilines is 1. The van der Waals surface area contributed by atoms with Gasteiger partial charge in [0.15, 0.2) is 0 Å². The molecule has 2 rings (SSSR count). The van der Waals surface area contributed by atoms with Gasteiger partial charge in [-0.05, 0) is 17.2 Å². The first-order valence-electron chi connectivity index (χ1n) is 5.88. The summed E-state index contributed by atoms with van der Waals surface area (Å²) in [4.78, 5) is 24.3. The molecule has 1 atom stereocenters. The van der Waals surface area contributed by atoms with Crippen LogP contribution in [0.25, 0.3) is 0 Å². The third kappa shape index (κ3) is 2.22. The van der Waals surface area contributed by atoms with Crippen LogP contribution in [0.15, 0.2) is 18.2 Å². The van der Waals surface area contributed by atoms with Crippen LogP contribution >= 0.6 is 0 Å². The molecule has 1 aliphatic rings. The van der Waals surface area contributed by atoms with E-state index in [2.05, 4.69) is 0 Å². The Morgan fingerprint density at radius 1 is 1.56 bits per heavy atom. The summed E-state index contributed by atoms with van der Waals surface area (Å²) in [5.74, 6) is -1.52. The average molecular weight is 248 g/mol. The molecule has 1 amide bonds. The molecule has 0 spiro atoms. The topological polar surface area (TPSA) is 83.6 Å². The summed E-state index contributed by atoms with van der Waals surface area (Å²) in [6.07, 6.45) is 0.329. The van der Waals surface area contributed by atoms with E-state index in [4.69, 9.17) is 10.8 Å². The van der Waals surface area contributed by atoms with Gasteiger partial charge in [0.25, 0.3) is 0 Å².